The van der Waals surface area contributed by atoms with E-state index in [0.717, 1.165) is 18.7 Å². The molecule has 1 unspecified atom stereocenters. The first-order valence-electron chi connectivity index (χ1n) is 7.32. The molecule has 4 nitrogen and oxygen atoms in total. The number of amides is 1. The molecule has 1 aliphatic heterocycles. The maximum atomic E-state index is 12.5. The lowest BCUT2D eigenvalue weighted by atomic mass is 10.1. The molecule has 1 aliphatic rings. The zero-order valence-electron chi connectivity index (χ0n) is 12.7. The largest absolute Gasteiger partial charge is 0.375 e. The Bertz CT molecular complexity index is 420. The van der Waals surface area contributed by atoms with Gasteiger partial charge < -0.3 is 15.0 Å². The van der Waals surface area contributed by atoms with Crippen molar-refractivity contribution >= 4 is 18.3 Å². The molecule has 21 heavy (non-hydrogen) atoms. The minimum atomic E-state index is 0. The predicted molar refractivity (Wildman–Crippen MR) is 86.6 cm³/mol. The molecule has 0 spiro atoms. The van der Waals surface area contributed by atoms with Crippen LogP contribution in [0.25, 0.3) is 0 Å². The Morgan fingerprint density at radius 3 is 2.67 bits per heavy atom. The third kappa shape index (κ3) is 5.65. The van der Waals surface area contributed by atoms with Gasteiger partial charge in [0.25, 0.3) is 0 Å². The molecular weight excluding hydrogens is 288 g/mol. The molecule has 0 aliphatic carbocycles. The molecule has 1 N–H and O–H groups in total. The van der Waals surface area contributed by atoms with E-state index in [2.05, 4.69) is 31.3 Å². The molecule has 1 atom stereocenters. The summed E-state index contributed by atoms with van der Waals surface area (Å²) in [4.78, 5) is 14.4. The molecule has 0 saturated carbocycles. The summed E-state index contributed by atoms with van der Waals surface area (Å²) in [7, 11) is 0. The molecule has 1 fully saturated rings. The normalized spacial score (nSPS) is 18.1. The van der Waals surface area contributed by atoms with Crippen molar-refractivity contribution in [3.05, 3.63) is 35.9 Å². The van der Waals surface area contributed by atoms with E-state index in [1.165, 1.54) is 0 Å². The molecule has 118 valence electrons. The summed E-state index contributed by atoms with van der Waals surface area (Å²) in [6.45, 7) is 7.11. The summed E-state index contributed by atoms with van der Waals surface area (Å²) in [6, 6.07) is 10.3. The highest BCUT2D eigenvalue weighted by Crippen LogP contribution is 2.12. The van der Waals surface area contributed by atoms with Crippen molar-refractivity contribution in [1.29, 1.82) is 0 Å². The van der Waals surface area contributed by atoms with Gasteiger partial charge in [-0.05, 0) is 19.4 Å². The van der Waals surface area contributed by atoms with Gasteiger partial charge in [0, 0.05) is 25.7 Å². The number of rotatable bonds is 5. The van der Waals surface area contributed by atoms with E-state index in [1.54, 1.807) is 0 Å². The van der Waals surface area contributed by atoms with Gasteiger partial charge >= 0.3 is 0 Å². The highest BCUT2D eigenvalue weighted by atomic mass is 35.5. The second-order valence-corrected chi connectivity index (χ2v) is 5.50. The molecule has 1 aromatic carbocycles. The van der Waals surface area contributed by atoms with Crippen LogP contribution >= 0.6 is 12.4 Å². The predicted octanol–water partition coefficient (Wildman–Crippen LogP) is 2.22. The van der Waals surface area contributed by atoms with Gasteiger partial charge in [0.15, 0.2) is 0 Å². The van der Waals surface area contributed by atoms with Gasteiger partial charge in [0.1, 0.15) is 0 Å². The van der Waals surface area contributed by atoms with E-state index in [4.69, 9.17) is 4.74 Å². The highest BCUT2D eigenvalue weighted by Gasteiger charge is 2.23. The number of nitrogens with one attached hydrogen (secondary N) is 1. The summed E-state index contributed by atoms with van der Waals surface area (Å²) in [5.74, 6) is 0.164. The molecule has 1 aromatic rings. The molecular formula is C16H25ClN2O2. The Morgan fingerprint density at radius 2 is 2.10 bits per heavy atom. The molecule has 5 heteroatoms. The van der Waals surface area contributed by atoms with Crippen LogP contribution in [0.2, 0.25) is 0 Å². The van der Waals surface area contributed by atoms with E-state index >= 15 is 0 Å². The van der Waals surface area contributed by atoms with Crippen LogP contribution in [-0.4, -0.2) is 42.6 Å². The molecule has 1 saturated heterocycles. The molecule has 0 radical (unpaired) electrons. The number of morpholine rings is 1. The van der Waals surface area contributed by atoms with Crippen LogP contribution in [0, 0.1) is 0 Å². The zero-order valence-corrected chi connectivity index (χ0v) is 13.6. The van der Waals surface area contributed by atoms with E-state index < -0.39 is 0 Å². The zero-order chi connectivity index (χ0) is 14.4. The SMILES string of the molecule is CC(C)N(Cc1ccccc1)C(=O)CC1CNCCO1.Cl. The Kier molecular flexibility index (Phi) is 7.72. The summed E-state index contributed by atoms with van der Waals surface area (Å²) in [5, 5.41) is 3.26. The number of carbonyl (C=O) groups excluding carboxylic acids is 1. The van der Waals surface area contributed by atoms with Gasteiger partial charge in [0.2, 0.25) is 5.91 Å². The number of nitrogens with zero attached hydrogens (tertiary/aromatic N) is 1. The number of benzene rings is 1. The van der Waals surface area contributed by atoms with Crippen LogP contribution in [0.5, 0.6) is 0 Å². The summed E-state index contributed by atoms with van der Waals surface area (Å²) < 4.78 is 5.62. The molecule has 0 bridgehead atoms. The minimum absolute atomic E-state index is 0. The van der Waals surface area contributed by atoms with Gasteiger partial charge in [0.05, 0.1) is 19.1 Å². The lowest BCUT2D eigenvalue weighted by molar-refractivity contribution is -0.137. The van der Waals surface area contributed by atoms with Gasteiger partial charge in [-0.2, -0.15) is 0 Å². The Labute approximate surface area is 133 Å². The third-order valence-electron chi connectivity index (χ3n) is 3.55. The van der Waals surface area contributed by atoms with Crippen LogP contribution in [0.1, 0.15) is 25.8 Å². The molecule has 0 aromatic heterocycles. The maximum absolute atomic E-state index is 12.5. The van der Waals surface area contributed by atoms with Gasteiger partial charge in [-0.3, -0.25) is 4.79 Å². The van der Waals surface area contributed by atoms with Crippen molar-refractivity contribution in [3.63, 3.8) is 0 Å². The number of ether oxygens (including phenoxy) is 1. The first kappa shape index (κ1) is 18.0. The monoisotopic (exact) mass is 312 g/mol. The molecule has 2 rings (SSSR count). The van der Waals surface area contributed by atoms with Gasteiger partial charge in [-0.15, -0.1) is 12.4 Å². The van der Waals surface area contributed by atoms with Crippen LogP contribution < -0.4 is 5.32 Å². The van der Waals surface area contributed by atoms with Crippen molar-refractivity contribution in [2.45, 2.75) is 39.0 Å². The second kappa shape index (κ2) is 9.03. The number of carbonyl (C=O) groups is 1. The van der Waals surface area contributed by atoms with Crippen molar-refractivity contribution in [2.75, 3.05) is 19.7 Å². The quantitative estimate of drug-likeness (QED) is 0.906. The van der Waals surface area contributed by atoms with E-state index in [0.29, 0.717) is 19.6 Å². The summed E-state index contributed by atoms with van der Waals surface area (Å²) in [6.07, 6.45) is 0.464. The standard InChI is InChI=1S/C16H24N2O2.ClH/c1-13(2)18(12-14-6-4-3-5-7-14)16(19)10-15-11-17-8-9-20-15;/h3-7,13,15,17H,8-12H2,1-2H3;1H. The van der Waals surface area contributed by atoms with Crippen LogP contribution in [0.15, 0.2) is 30.3 Å². The first-order chi connectivity index (χ1) is 9.66. The fourth-order valence-electron chi connectivity index (χ4n) is 2.40. The van der Waals surface area contributed by atoms with Crippen molar-refractivity contribution in [3.8, 4) is 0 Å². The maximum Gasteiger partial charge on any atom is 0.225 e. The van der Waals surface area contributed by atoms with Crippen LogP contribution in [0.3, 0.4) is 0 Å². The number of hydrogen-bond donors (Lipinski definition) is 1. The topological polar surface area (TPSA) is 41.6 Å². The van der Waals surface area contributed by atoms with Gasteiger partial charge in [-0.1, -0.05) is 30.3 Å². The van der Waals surface area contributed by atoms with Crippen molar-refractivity contribution < 1.29 is 9.53 Å². The Hall–Kier alpha value is -1.10. The smallest absolute Gasteiger partial charge is 0.225 e. The van der Waals surface area contributed by atoms with E-state index in [1.807, 2.05) is 23.1 Å². The third-order valence-corrected chi connectivity index (χ3v) is 3.55. The lowest BCUT2D eigenvalue weighted by Crippen LogP contribution is -2.44. The highest BCUT2D eigenvalue weighted by molar-refractivity contribution is 5.85. The van der Waals surface area contributed by atoms with E-state index in [-0.39, 0.29) is 30.5 Å². The fraction of sp³-hybridized carbons (Fsp3) is 0.562. The van der Waals surface area contributed by atoms with Crippen LogP contribution in [-0.2, 0) is 16.1 Å². The average molecular weight is 313 g/mol. The summed E-state index contributed by atoms with van der Waals surface area (Å²) in [5.41, 5.74) is 1.16. The lowest BCUT2D eigenvalue weighted by Gasteiger charge is -2.30. The van der Waals surface area contributed by atoms with Crippen molar-refractivity contribution in [1.82, 2.24) is 10.2 Å². The summed E-state index contributed by atoms with van der Waals surface area (Å²) >= 11 is 0. The Balaban J connectivity index is 0.00000220. The Morgan fingerprint density at radius 1 is 1.38 bits per heavy atom. The van der Waals surface area contributed by atoms with E-state index in [9.17, 15) is 4.79 Å². The average Bonchev–Trinajstić information content (AvgIpc) is 2.46. The van der Waals surface area contributed by atoms with Crippen molar-refractivity contribution in [2.24, 2.45) is 0 Å². The second-order valence-electron chi connectivity index (χ2n) is 5.50. The van der Waals surface area contributed by atoms with Gasteiger partial charge in [-0.25, -0.2) is 0 Å². The first-order valence-corrected chi connectivity index (χ1v) is 7.32. The number of hydrogen-bond acceptors (Lipinski definition) is 3. The minimum Gasteiger partial charge on any atom is -0.375 e. The molecule has 1 amide bonds. The molecule has 1 heterocycles. The van der Waals surface area contributed by atoms with Crippen LogP contribution in [0.4, 0.5) is 0 Å². The fourth-order valence-corrected chi connectivity index (χ4v) is 2.40. The number of halogens is 1.